The van der Waals surface area contributed by atoms with E-state index in [1.165, 1.54) is 11.1 Å². The summed E-state index contributed by atoms with van der Waals surface area (Å²) in [5.41, 5.74) is 3.27. The number of carbonyl (C=O) groups excluding carboxylic acids is 2. The SMILES string of the molecule is Cc1ccc(C2CC2C(=O)N(C)CC(=O)N(C)c2ccccc2)cc1. The molecule has 1 aliphatic rings. The van der Waals surface area contributed by atoms with Crippen molar-refractivity contribution in [1.82, 2.24) is 4.90 Å². The number of carbonyl (C=O) groups is 2. The highest BCUT2D eigenvalue weighted by molar-refractivity contribution is 5.96. The van der Waals surface area contributed by atoms with E-state index in [0.717, 1.165) is 12.1 Å². The summed E-state index contributed by atoms with van der Waals surface area (Å²) in [7, 11) is 3.45. The fraction of sp³-hybridized carbons (Fsp3) is 0.333. The highest BCUT2D eigenvalue weighted by atomic mass is 16.2. The average molecular weight is 336 g/mol. The van der Waals surface area contributed by atoms with E-state index in [0.29, 0.717) is 0 Å². The van der Waals surface area contributed by atoms with Crippen molar-refractivity contribution in [3.8, 4) is 0 Å². The molecule has 2 aromatic rings. The molecule has 2 amide bonds. The van der Waals surface area contributed by atoms with E-state index < -0.39 is 0 Å². The first-order valence-corrected chi connectivity index (χ1v) is 8.60. The molecule has 0 aliphatic heterocycles. The summed E-state index contributed by atoms with van der Waals surface area (Å²) in [5, 5.41) is 0. The molecular formula is C21H24N2O2. The normalized spacial score (nSPS) is 18.5. The van der Waals surface area contributed by atoms with Gasteiger partial charge in [-0.15, -0.1) is 0 Å². The van der Waals surface area contributed by atoms with Crippen molar-refractivity contribution in [3.05, 3.63) is 65.7 Å². The van der Waals surface area contributed by atoms with Gasteiger partial charge in [-0.1, -0.05) is 48.0 Å². The highest BCUT2D eigenvalue weighted by Crippen LogP contribution is 2.48. The Labute approximate surface area is 149 Å². The Morgan fingerprint density at radius 2 is 1.64 bits per heavy atom. The van der Waals surface area contributed by atoms with Crippen molar-refractivity contribution < 1.29 is 9.59 Å². The molecule has 1 saturated carbocycles. The molecule has 3 rings (SSSR count). The van der Waals surface area contributed by atoms with Crippen molar-refractivity contribution in [2.24, 2.45) is 5.92 Å². The summed E-state index contributed by atoms with van der Waals surface area (Å²) in [4.78, 5) is 28.2. The van der Waals surface area contributed by atoms with Gasteiger partial charge in [0.15, 0.2) is 0 Å². The van der Waals surface area contributed by atoms with E-state index in [1.54, 1.807) is 23.9 Å². The summed E-state index contributed by atoms with van der Waals surface area (Å²) >= 11 is 0. The van der Waals surface area contributed by atoms with Gasteiger partial charge in [0.25, 0.3) is 0 Å². The standard InChI is InChI=1S/C21H24N2O2/c1-15-9-11-16(12-10-15)18-13-19(18)21(25)22(2)14-20(24)23(3)17-7-5-4-6-8-17/h4-12,18-19H,13-14H2,1-3H3. The number of benzene rings is 2. The van der Waals surface area contributed by atoms with Crippen LogP contribution < -0.4 is 4.90 Å². The van der Waals surface area contributed by atoms with Gasteiger partial charge >= 0.3 is 0 Å². The number of para-hydroxylation sites is 1. The van der Waals surface area contributed by atoms with Gasteiger partial charge in [0.05, 0.1) is 6.54 Å². The molecule has 0 spiro atoms. The van der Waals surface area contributed by atoms with Crippen molar-refractivity contribution in [1.29, 1.82) is 0 Å². The van der Waals surface area contributed by atoms with Gasteiger partial charge in [-0.05, 0) is 37.0 Å². The minimum Gasteiger partial charge on any atom is -0.336 e. The predicted molar refractivity (Wildman–Crippen MR) is 99.5 cm³/mol. The summed E-state index contributed by atoms with van der Waals surface area (Å²) in [5.74, 6) is 0.259. The summed E-state index contributed by atoms with van der Waals surface area (Å²) in [6.45, 7) is 2.16. The van der Waals surface area contributed by atoms with Crippen molar-refractivity contribution in [3.63, 3.8) is 0 Å². The van der Waals surface area contributed by atoms with Gasteiger partial charge in [0, 0.05) is 25.7 Å². The number of aryl methyl sites for hydroxylation is 1. The topological polar surface area (TPSA) is 40.6 Å². The van der Waals surface area contributed by atoms with Crippen LogP contribution in [0.3, 0.4) is 0 Å². The first-order valence-electron chi connectivity index (χ1n) is 8.60. The van der Waals surface area contributed by atoms with Crippen LogP contribution >= 0.6 is 0 Å². The van der Waals surface area contributed by atoms with E-state index in [2.05, 4.69) is 31.2 Å². The zero-order chi connectivity index (χ0) is 18.0. The molecule has 0 radical (unpaired) electrons. The molecule has 1 fully saturated rings. The number of hydrogen-bond donors (Lipinski definition) is 0. The number of amides is 2. The van der Waals surface area contributed by atoms with Crippen LogP contribution in [0.4, 0.5) is 5.69 Å². The number of anilines is 1. The van der Waals surface area contributed by atoms with Crippen LogP contribution in [0, 0.1) is 12.8 Å². The molecule has 2 atom stereocenters. The maximum absolute atomic E-state index is 12.6. The van der Waals surface area contributed by atoms with E-state index >= 15 is 0 Å². The van der Waals surface area contributed by atoms with E-state index in [9.17, 15) is 9.59 Å². The van der Waals surface area contributed by atoms with E-state index in [-0.39, 0.29) is 30.2 Å². The number of nitrogens with zero attached hydrogens (tertiary/aromatic N) is 2. The van der Waals surface area contributed by atoms with Crippen LogP contribution in [0.5, 0.6) is 0 Å². The number of hydrogen-bond acceptors (Lipinski definition) is 2. The van der Waals surface area contributed by atoms with E-state index in [4.69, 9.17) is 0 Å². The molecule has 0 bridgehead atoms. The summed E-state index contributed by atoms with van der Waals surface area (Å²) < 4.78 is 0. The highest BCUT2D eigenvalue weighted by Gasteiger charge is 2.45. The predicted octanol–water partition coefficient (Wildman–Crippen LogP) is 3.22. The average Bonchev–Trinajstić information content (AvgIpc) is 3.42. The molecule has 0 heterocycles. The lowest BCUT2D eigenvalue weighted by Gasteiger charge is -2.22. The fourth-order valence-electron chi connectivity index (χ4n) is 3.12. The molecule has 0 aromatic heterocycles. The van der Waals surface area contributed by atoms with Gasteiger partial charge in [-0.25, -0.2) is 0 Å². The van der Waals surface area contributed by atoms with Crippen LogP contribution in [0.2, 0.25) is 0 Å². The second-order valence-electron chi connectivity index (χ2n) is 6.84. The van der Waals surface area contributed by atoms with Gasteiger partial charge in [0.2, 0.25) is 11.8 Å². The Balaban J connectivity index is 1.56. The Bertz CT molecular complexity index is 755. The number of rotatable bonds is 5. The Hall–Kier alpha value is -2.62. The third-order valence-corrected chi connectivity index (χ3v) is 4.88. The fourth-order valence-corrected chi connectivity index (χ4v) is 3.12. The Kier molecular flexibility index (Phi) is 4.88. The summed E-state index contributed by atoms with van der Waals surface area (Å²) in [6, 6.07) is 17.8. The summed E-state index contributed by atoms with van der Waals surface area (Å²) in [6.07, 6.45) is 0.870. The van der Waals surface area contributed by atoms with Crippen molar-refractivity contribution in [2.75, 3.05) is 25.5 Å². The zero-order valence-electron chi connectivity index (χ0n) is 15.0. The van der Waals surface area contributed by atoms with E-state index in [1.807, 2.05) is 30.3 Å². The third kappa shape index (κ3) is 3.90. The molecule has 2 aromatic carbocycles. The lowest BCUT2D eigenvalue weighted by atomic mass is 10.1. The third-order valence-electron chi connectivity index (χ3n) is 4.88. The first kappa shape index (κ1) is 17.2. The first-order chi connectivity index (χ1) is 12.0. The molecule has 4 heteroatoms. The van der Waals surface area contributed by atoms with Gasteiger partial charge in [-0.2, -0.15) is 0 Å². The Morgan fingerprint density at radius 3 is 2.28 bits per heavy atom. The van der Waals surface area contributed by atoms with Crippen LogP contribution in [-0.4, -0.2) is 37.4 Å². The molecule has 25 heavy (non-hydrogen) atoms. The largest absolute Gasteiger partial charge is 0.336 e. The molecule has 0 N–H and O–H groups in total. The zero-order valence-corrected chi connectivity index (χ0v) is 15.0. The number of likely N-dealkylation sites (N-methyl/N-ethyl adjacent to an activating group) is 2. The van der Waals surface area contributed by atoms with Crippen molar-refractivity contribution >= 4 is 17.5 Å². The van der Waals surface area contributed by atoms with Gasteiger partial charge in [-0.3, -0.25) is 9.59 Å². The minimum absolute atomic E-state index is 0.00235. The molecule has 0 saturated heterocycles. The van der Waals surface area contributed by atoms with Gasteiger partial charge < -0.3 is 9.80 Å². The van der Waals surface area contributed by atoms with Crippen LogP contribution in [0.25, 0.3) is 0 Å². The van der Waals surface area contributed by atoms with Crippen LogP contribution in [0.15, 0.2) is 54.6 Å². The Morgan fingerprint density at radius 1 is 1.00 bits per heavy atom. The molecule has 4 nitrogen and oxygen atoms in total. The minimum atomic E-state index is -0.0883. The second-order valence-corrected chi connectivity index (χ2v) is 6.84. The lowest BCUT2D eigenvalue weighted by molar-refractivity contribution is -0.135. The molecular weight excluding hydrogens is 312 g/mol. The quantitative estimate of drug-likeness (QED) is 0.841. The second kappa shape index (κ2) is 7.09. The maximum atomic E-state index is 12.6. The molecule has 130 valence electrons. The smallest absolute Gasteiger partial charge is 0.246 e. The monoisotopic (exact) mass is 336 g/mol. The molecule has 1 aliphatic carbocycles. The lowest BCUT2D eigenvalue weighted by Crippen LogP contribution is -2.40. The van der Waals surface area contributed by atoms with Gasteiger partial charge in [0.1, 0.15) is 0 Å². The molecule has 2 unspecified atom stereocenters. The van der Waals surface area contributed by atoms with Crippen molar-refractivity contribution in [2.45, 2.75) is 19.3 Å². The maximum Gasteiger partial charge on any atom is 0.246 e. The van der Waals surface area contributed by atoms with Crippen LogP contribution in [0.1, 0.15) is 23.5 Å². The van der Waals surface area contributed by atoms with Crippen LogP contribution in [-0.2, 0) is 9.59 Å².